The summed E-state index contributed by atoms with van der Waals surface area (Å²) in [6.07, 6.45) is 2.37. The van der Waals surface area contributed by atoms with Crippen LogP contribution in [0.1, 0.15) is 36.0 Å². The molecule has 0 amide bonds. The lowest BCUT2D eigenvalue weighted by atomic mass is 10.1. The zero-order valence-electron chi connectivity index (χ0n) is 13.1. The van der Waals surface area contributed by atoms with E-state index in [-0.39, 0.29) is 0 Å². The average molecular weight is 295 g/mol. The van der Waals surface area contributed by atoms with E-state index >= 15 is 0 Å². The molecule has 4 heteroatoms. The highest BCUT2D eigenvalue weighted by molar-refractivity contribution is 5.81. The van der Waals surface area contributed by atoms with E-state index in [1.54, 1.807) is 0 Å². The SMILES string of the molecule is Cc1cc([C@H]2CCCN2Cc2cc3ccccc3n2C)on1. The molecule has 0 aliphatic carbocycles. The van der Waals surface area contributed by atoms with Gasteiger partial charge in [0.15, 0.2) is 5.76 Å². The third kappa shape index (κ3) is 2.24. The normalized spacial score (nSPS) is 19.3. The summed E-state index contributed by atoms with van der Waals surface area (Å²) in [5.74, 6) is 1.01. The van der Waals surface area contributed by atoms with Crippen molar-refractivity contribution >= 4 is 10.9 Å². The Labute approximate surface area is 130 Å². The lowest BCUT2D eigenvalue weighted by Crippen LogP contribution is -2.23. The van der Waals surface area contributed by atoms with Crippen LogP contribution in [-0.4, -0.2) is 21.2 Å². The van der Waals surface area contributed by atoms with E-state index in [0.717, 1.165) is 31.0 Å². The molecule has 0 saturated carbocycles. The van der Waals surface area contributed by atoms with Crippen molar-refractivity contribution < 1.29 is 4.52 Å². The van der Waals surface area contributed by atoms with Gasteiger partial charge in [0.1, 0.15) is 0 Å². The smallest absolute Gasteiger partial charge is 0.154 e. The zero-order valence-corrected chi connectivity index (χ0v) is 13.1. The minimum atomic E-state index is 0.360. The molecule has 1 aliphatic heterocycles. The van der Waals surface area contributed by atoms with Gasteiger partial charge in [0, 0.05) is 30.9 Å². The molecular formula is C18H21N3O. The number of para-hydroxylation sites is 1. The molecule has 114 valence electrons. The van der Waals surface area contributed by atoms with Gasteiger partial charge in [-0.3, -0.25) is 4.90 Å². The summed E-state index contributed by atoms with van der Waals surface area (Å²) in [6.45, 7) is 4.05. The third-order valence-corrected chi connectivity index (χ3v) is 4.75. The third-order valence-electron chi connectivity index (χ3n) is 4.75. The predicted octanol–water partition coefficient (Wildman–Crippen LogP) is 3.81. The lowest BCUT2D eigenvalue weighted by Gasteiger charge is -2.22. The molecule has 1 aliphatic rings. The molecule has 1 atom stereocenters. The van der Waals surface area contributed by atoms with E-state index < -0.39 is 0 Å². The lowest BCUT2D eigenvalue weighted by molar-refractivity contribution is 0.203. The number of likely N-dealkylation sites (tertiary alicyclic amines) is 1. The number of nitrogens with zero attached hydrogens (tertiary/aromatic N) is 3. The summed E-state index contributed by atoms with van der Waals surface area (Å²) >= 11 is 0. The first kappa shape index (κ1) is 13.6. The Morgan fingerprint density at radius 3 is 2.91 bits per heavy atom. The van der Waals surface area contributed by atoms with Gasteiger partial charge < -0.3 is 9.09 Å². The van der Waals surface area contributed by atoms with Crippen LogP contribution in [-0.2, 0) is 13.6 Å². The molecule has 4 rings (SSSR count). The van der Waals surface area contributed by atoms with Gasteiger partial charge in [-0.2, -0.15) is 0 Å². The molecule has 0 bridgehead atoms. The van der Waals surface area contributed by atoms with E-state index in [0.29, 0.717) is 6.04 Å². The van der Waals surface area contributed by atoms with Gasteiger partial charge in [-0.15, -0.1) is 0 Å². The van der Waals surface area contributed by atoms with Gasteiger partial charge in [-0.05, 0) is 43.8 Å². The highest BCUT2D eigenvalue weighted by atomic mass is 16.5. The number of hydrogen-bond donors (Lipinski definition) is 0. The van der Waals surface area contributed by atoms with Crippen LogP contribution in [0.4, 0.5) is 0 Å². The molecule has 1 saturated heterocycles. The van der Waals surface area contributed by atoms with E-state index in [1.807, 2.05) is 6.92 Å². The second-order valence-electron chi connectivity index (χ2n) is 6.25. The topological polar surface area (TPSA) is 34.2 Å². The molecule has 22 heavy (non-hydrogen) atoms. The largest absolute Gasteiger partial charge is 0.359 e. The van der Waals surface area contributed by atoms with Crippen LogP contribution in [0.15, 0.2) is 40.9 Å². The summed E-state index contributed by atoms with van der Waals surface area (Å²) in [4.78, 5) is 2.51. The van der Waals surface area contributed by atoms with Crippen molar-refractivity contribution in [2.75, 3.05) is 6.54 Å². The molecule has 0 radical (unpaired) electrons. The zero-order chi connectivity index (χ0) is 15.1. The number of benzene rings is 1. The van der Waals surface area contributed by atoms with E-state index in [4.69, 9.17) is 4.52 Å². The summed E-state index contributed by atoms with van der Waals surface area (Å²) in [5, 5.41) is 5.36. The number of aryl methyl sites for hydroxylation is 2. The minimum absolute atomic E-state index is 0.360. The van der Waals surface area contributed by atoms with Crippen molar-refractivity contribution in [1.82, 2.24) is 14.6 Å². The average Bonchev–Trinajstić information content (AvgIpc) is 3.21. The van der Waals surface area contributed by atoms with Crippen LogP contribution in [0.25, 0.3) is 10.9 Å². The van der Waals surface area contributed by atoms with E-state index in [2.05, 4.69) is 58.1 Å². The van der Waals surface area contributed by atoms with Crippen LogP contribution in [0, 0.1) is 6.92 Å². The molecule has 0 N–H and O–H groups in total. The molecule has 2 aromatic heterocycles. The highest BCUT2D eigenvalue weighted by Gasteiger charge is 2.29. The summed E-state index contributed by atoms with van der Waals surface area (Å²) in [6, 6.07) is 13.3. The first-order valence-electron chi connectivity index (χ1n) is 7.93. The number of rotatable bonds is 3. The van der Waals surface area contributed by atoms with Gasteiger partial charge in [-0.25, -0.2) is 0 Å². The molecule has 1 fully saturated rings. The van der Waals surface area contributed by atoms with Crippen LogP contribution in [0.5, 0.6) is 0 Å². The van der Waals surface area contributed by atoms with Crippen LogP contribution < -0.4 is 0 Å². The molecule has 3 aromatic rings. The Morgan fingerprint density at radius 2 is 2.14 bits per heavy atom. The van der Waals surface area contributed by atoms with Gasteiger partial charge in [0.25, 0.3) is 0 Å². The Morgan fingerprint density at radius 1 is 1.27 bits per heavy atom. The maximum Gasteiger partial charge on any atom is 0.154 e. The van der Waals surface area contributed by atoms with Gasteiger partial charge in [0.05, 0.1) is 11.7 Å². The predicted molar refractivity (Wildman–Crippen MR) is 86.5 cm³/mol. The van der Waals surface area contributed by atoms with Gasteiger partial charge in [-0.1, -0.05) is 23.4 Å². The molecule has 1 aromatic carbocycles. The Balaban J connectivity index is 1.62. The molecule has 4 nitrogen and oxygen atoms in total. The fourth-order valence-corrected chi connectivity index (χ4v) is 3.58. The van der Waals surface area contributed by atoms with Crippen molar-refractivity contribution in [3.8, 4) is 0 Å². The Bertz CT molecular complexity index is 802. The van der Waals surface area contributed by atoms with E-state index in [1.165, 1.54) is 23.0 Å². The van der Waals surface area contributed by atoms with E-state index in [9.17, 15) is 0 Å². The molecule has 0 spiro atoms. The monoisotopic (exact) mass is 295 g/mol. The number of aromatic nitrogens is 2. The highest BCUT2D eigenvalue weighted by Crippen LogP contribution is 2.34. The second-order valence-corrected chi connectivity index (χ2v) is 6.25. The van der Waals surface area contributed by atoms with Crippen LogP contribution >= 0.6 is 0 Å². The Kier molecular flexibility index (Phi) is 3.26. The van der Waals surface area contributed by atoms with Crippen molar-refractivity contribution in [3.05, 3.63) is 53.5 Å². The van der Waals surface area contributed by atoms with Crippen molar-refractivity contribution in [1.29, 1.82) is 0 Å². The maximum atomic E-state index is 5.51. The van der Waals surface area contributed by atoms with Crippen LogP contribution in [0.3, 0.4) is 0 Å². The summed E-state index contributed by atoms with van der Waals surface area (Å²) in [5.41, 5.74) is 3.61. The van der Waals surface area contributed by atoms with Crippen molar-refractivity contribution in [3.63, 3.8) is 0 Å². The minimum Gasteiger partial charge on any atom is -0.359 e. The maximum absolute atomic E-state index is 5.51. The molecule has 0 unspecified atom stereocenters. The number of fused-ring (bicyclic) bond motifs is 1. The fourth-order valence-electron chi connectivity index (χ4n) is 3.58. The second kappa shape index (κ2) is 5.29. The first-order valence-corrected chi connectivity index (χ1v) is 7.93. The Hall–Kier alpha value is -2.07. The van der Waals surface area contributed by atoms with Gasteiger partial charge in [0.2, 0.25) is 0 Å². The van der Waals surface area contributed by atoms with Crippen molar-refractivity contribution in [2.45, 2.75) is 32.4 Å². The molecule has 3 heterocycles. The summed E-state index contributed by atoms with van der Waals surface area (Å²) < 4.78 is 7.81. The number of hydrogen-bond acceptors (Lipinski definition) is 3. The standard InChI is InChI=1S/C18H21N3O/c1-13-10-18(22-19-13)17-8-5-9-21(17)12-15-11-14-6-3-4-7-16(14)20(15)2/h3-4,6-7,10-11,17H,5,8-9,12H2,1-2H3/t17-/m1/s1. The fraction of sp³-hybridized carbons (Fsp3) is 0.389. The summed E-state index contributed by atoms with van der Waals surface area (Å²) in [7, 11) is 2.15. The van der Waals surface area contributed by atoms with Crippen LogP contribution in [0.2, 0.25) is 0 Å². The van der Waals surface area contributed by atoms with Gasteiger partial charge >= 0.3 is 0 Å². The van der Waals surface area contributed by atoms with Crippen molar-refractivity contribution in [2.24, 2.45) is 7.05 Å². The quantitative estimate of drug-likeness (QED) is 0.737. The first-order chi connectivity index (χ1) is 10.7. The molecular weight excluding hydrogens is 274 g/mol.